The molecule has 1 heterocycles. The predicted octanol–water partition coefficient (Wildman–Crippen LogP) is 3.91. The number of nitrogens with zero attached hydrogens (tertiary/aromatic N) is 2. The smallest absolute Gasteiger partial charge is 0.327 e. The van der Waals surface area contributed by atoms with Gasteiger partial charge in [-0.15, -0.1) is 0 Å². The molecule has 0 bridgehead atoms. The average Bonchev–Trinajstić information content (AvgIpc) is 2.93. The van der Waals surface area contributed by atoms with Gasteiger partial charge in [-0.25, -0.2) is 4.79 Å². The van der Waals surface area contributed by atoms with E-state index < -0.39 is 28.7 Å². The number of carboxylic acids is 1. The summed E-state index contributed by atoms with van der Waals surface area (Å²) in [6, 6.07) is 5.80. The Morgan fingerprint density at radius 3 is 2.69 bits per heavy atom. The van der Waals surface area contributed by atoms with Gasteiger partial charge in [-0.2, -0.15) is 17.0 Å². The second-order valence-electron chi connectivity index (χ2n) is 7.58. The van der Waals surface area contributed by atoms with Crippen LogP contribution in [-0.4, -0.2) is 50.5 Å². The Morgan fingerprint density at radius 2 is 2.12 bits per heavy atom. The van der Waals surface area contributed by atoms with E-state index in [0.717, 1.165) is 0 Å². The summed E-state index contributed by atoms with van der Waals surface area (Å²) in [5.41, 5.74) is 0.137. The number of carbonyl (C=O) groups is 2. The lowest BCUT2D eigenvalue weighted by Gasteiger charge is -2.45. The third kappa shape index (κ3) is 4.18. The van der Waals surface area contributed by atoms with Crippen LogP contribution in [0.5, 0.6) is 0 Å². The van der Waals surface area contributed by atoms with Crippen molar-refractivity contribution >= 4 is 58.4 Å². The number of amidine groups is 1. The quantitative estimate of drug-likeness (QED) is 0.470. The summed E-state index contributed by atoms with van der Waals surface area (Å²) in [5.74, 6) is -1.65. The minimum Gasteiger partial charge on any atom is -0.512 e. The molecule has 0 unspecified atom stereocenters. The van der Waals surface area contributed by atoms with E-state index >= 15 is 0 Å². The Hall–Kier alpha value is -2.67. The molecule has 1 aromatic carbocycles. The number of allylic oxidation sites excluding steroid dienone is 1. The topological polar surface area (TPSA) is 138 Å². The van der Waals surface area contributed by atoms with Gasteiger partial charge in [0.2, 0.25) is 5.91 Å². The zero-order valence-electron chi connectivity index (χ0n) is 17.1. The molecule has 8 nitrogen and oxygen atoms in total. The number of carbonyl (C=O) groups excluding carboxylic acids is 1. The molecule has 2 aliphatic rings. The van der Waals surface area contributed by atoms with Crippen LogP contribution in [0.3, 0.4) is 0 Å². The summed E-state index contributed by atoms with van der Waals surface area (Å²) in [5, 5.41) is 40.8. The van der Waals surface area contributed by atoms with E-state index in [2.05, 4.69) is 11.4 Å². The fourth-order valence-corrected chi connectivity index (χ4v) is 5.77. The molecule has 3 atom stereocenters. The number of nitriles is 1. The van der Waals surface area contributed by atoms with Crippen molar-refractivity contribution in [1.82, 2.24) is 5.32 Å². The summed E-state index contributed by atoms with van der Waals surface area (Å²) >= 11 is 13.5. The lowest BCUT2D eigenvalue weighted by atomic mass is 9.81. The molecular formula is C21H20Cl2N4O4S. The van der Waals surface area contributed by atoms with Crippen LogP contribution in [0.4, 0.5) is 5.69 Å². The molecule has 0 saturated heterocycles. The van der Waals surface area contributed by atoms with Crippen molar-refractivity contribution in [2.45, 2.75) is 37.1 Å². The van der Waals surface area contributed by atoms with Gasteiger partial charge in [0.1, 0.15) is 23.5 Å². The summed E-state index contributed by atoms with van der Waals surface area (Å²) in [6.45, 7) is 3.07. The fourth-order valence-electron chi connectivity index (χ4n) is 3.98. The van der Waals surface area contributed by atoms with Crippen molar-refractivity contribution in [3.63, 3.8) is 0 Å². The summed E-state index contributed by atoms with van der Waals surface area (Å²) < 4.78 is 0. The minimum atomic E-state index is -1.18. The summed E-state index contributed by atoms with van der Waals surface area (Å²) in [4.78, 5) is 24.6. The Bertz CT molecular complexity index is 1110. The van der Waals surface area contributed by atoms with E-state index in [1.54, 1.807) is 23.1 Å². The number of thioether (sulfide) groups is 1. The molecule has 0 saturated carbocycles. The molecule has 0 radical (unpaired) electrons. The zero-order valence-corrected chi connectivity index (χ0v) is 19.5. The van der Waals surface area contributed by atoms with Crippen molar-refractivity contribution in [2.75, 3.05) is 10.7 Å². The first kappa shape index (κ1) is 24.0. The van der Waals surface area contributed by atoms with Crippen molar-refractivity contribution < 1.29 is 19.8 Å². The number of fused-ring (bicyclic) bond motifs is 1. The normalized spacial score (nSPS) is 23.3. The van der Waals surface area contributed by atoms with Gasteiger partial charge < -0.3 is 20.4 Å². The lowest BCUT2D eigenvalue weighted by Crippen LogP contribution is -2.55. The summed E-state index contributed by atoms with van der Waals surface area (Å²) in [7, 11) is 0. The van der Waals surface area contributed by atoms with Gasteiger partial charge in [0.15, 0.2) is 0 Å². The van der Waals surface area contributed by atoms with Gasteiger partial charge in [0.05, 0.1) is 21.3 Å². The monoisotopic (exact) mass is 494 g/mol. The molecule has 1 aliphatic carbocycles. The highest BCUT2D eigenvalue weighted by Gasteiger charge is 2.54. The van der Waals surface area contributed by atoms with Gasteiger partial charge in [-0.3, -0.25) is 10.2 Å². The number of nitrogens with one attached hydrogen (secondary N) is 2. The van der Waals surface area contributed by atoms with Crippen LogP contribution in [0.25, 0.3) is 0 Å². The number of hydrogen-bond donors (Lipinski definition) is 4. The van der Waals surface area contributed by atoms with Crippen molar-refractivity contribution in [3.05, 3.63) is 51.2 Å². The number of rotatable bonds is 6. The fraction of sp³-hybridized carbons (Fsp3) is 0.333. The van der Waals surface area contributed by atoms with Crippen LogP contribution < -0.4 is 10.2 Å². The predicted molar refractivity (Wildman–Crippen MR) is 125 cm³/mol. The number of halogens is 2. The number of benzene rings is 1. The molecule has 0 aromatic heterocycles. The molecule has 0 spiro atoms. The summed E-state index contributed by atoms with van der Waals surface area (Å²) in [6.07, 6.45) is 1.67. The molecule has 1 amide bonds. The van der Waals surface area contributed by atoms with Crippen LogP contribution in [0.1, 0.15) is 20.3 Å². The average molecular weight is 495 g/mol. The lowest BCUT2D eigenvalue weighted by molar-refractivity contribution is -0.140. The van der Waals surface area contributed by atoms with Crippen molar-refractivity contribution in [3.8, 4) is 6.07 Å². The molecule has 0 fully saturated rings. The third-order valence-corrected chi connectivity index (χ3v) is 7.78. The van der Waals surface area contributed by atoms with E-state index in [4.69, 9.17) is 28.6 Å². The largest absolute Gasteiger partial charge is 0.512 e. The highest BCUT2D eigenvalue weighted by Crippen LogP contribution is 2.50. The van der Waals surface area contributed by atoms with Crippen LogP contribution >= 0.6 is 35.0 Å². The molecule has 1 aliphatic heterocycles. The van der Waals surface area contributed by atoms with E-state index in [1.165, 1.54) is 24.8 Å². The maximum absolute atomic E-state index is 11.6. The van der Waals surface area contributed by atoms with Gasteiger partial charge >= 0.3 is 5.97 Å². The van der Waals surface area contributed by atoms with Crippen LogP contribution in [0.2, 0.25) is 10.0 Å². The number of carboxylic acid groups (broad SMARTS) is 1. The Morgan fingerprint density at radius 1 is 1.44 bits per heavy atom. The second kappa shape index (κ2) is 9.06. The first-order valence-electron chi connectivity index (χ1n) is 9.50. The Balaban J connectivity index is 2.06. The van der Waals surface area contributed by atoms with E-state index in [9.17, 15) is 25.1 Å². The van der Waals surface area contributed by atoms with Gasteiger partial charge in [-0.05, 0) is 31.2 Å². The molecule has 168 valence electrons. The number of anilines is 1. The molecular weight excluding hydrogens is 475 g/mol. The van der Waals surface area contributed by atoms with E-state index in [0.29, 0.717) is 16.3 Å². The van der Waals surface area contributed by atoms with Crippen LogP contribution in [0.15, 0.2) is 41.2 Å². The van der Waals surface area contributed by atoms with Crippen molar-refractivity contribution in [1.29, 1.82) is 10.7 Å². The SMILES string of the molecule is CC(=O)N[C@@H](CS[C@@H]1CC(O)=CC2=C(C#N)C(=N)N(c3ccc(Cl)c(Cl)c3)[C@@]21C)C(=O)O. The zero-order chi connectivity index (χ0) is 23.8. The minimum absolute atomic E-state index is 0.0258. The molecule has 1 aromatic rings. The molecule has 32 heavy (non-hydrogen) atoms. The maximum Gasteiger partial charge on any atom is 0.327 e. The first-order chi connectivity index (χ1) is 15.0. The highest BCUT2D eigenvalue weighted by molar-refractivity contribution is 8.00. The van der Waals surface area contributed by atoms with E-state index in [1.807, 2.05) is 6.92 Å². The molecule has 3 rings (SSSR count). The Labute approximate surface area is 199 Å². The Kier molecular flexibility index (Phi) is 6.79. The number of aliphatic hydroxyl groups is 1. The van der Waals surface area contributed by atoms with Crippen molar-refractivity contribution in [2.24, 2.45) is 0 Å². The first-order valence-corrected chi connectivity index (χ1v) is 11.3. The highest BCUT2D eigenvalue weighted by atomic mass is 35.5. The molecule has 4 N–H and O–H groups in total. The number of amides is 1. The number of aliphatic carboxylic acids is 1. The van der Waals surface area contributed by atoms with Gasteiger partial charge in [0.25, 0.3) is 0 Å². The van der Waals surface area contributed by atoms with Crippen LogP contribution in [0, 0.1) is 16.7 Å². The van der Waals surface area contributed by atoms with E-state index in [-0.39, 0.29) is 34.4 Å². The third-order valence-electron chi connectivity index (χ3n) is 5.48. The van der Waals surface area contributed by atoms with Gasteiger partial charge in [-0.1, -0.05) is 23.2 Å². The molecule has 11 heteroatoms. The number of aliphatic hydroxyl groups excluding tert-OH is 1. The van der Waals surface area contributed by atoms with Crippen LogP contribution in [-0.2, 0) is 9.59 Å². The van der Waals surface area contributed by atoms with Gasteiger partial charge in [0, 0.05) is 35.6 Å². The number of hydrogen-bond acceptors (Lipinski definition) is 6. The maximum atomic E-state index is 11.6. The standard InChI is InChI=1S/C21H20Cl2N4O4S/c1-10(28)26-17(20(30)31)9-32-18-7-12(29)6-14-13(8-24)19(25)27(21(14,18)2)11-3-4-15(22)16(23)5-11/h3-6,17-18,25,29H,7,9H2,1-2H3,(H,26,28)(H,30,31)/t17-,18+,21-/m0/s1. The second-order valence-corrected chi connectivity index (χ2v) is 9.63.